The monoisotopic (exact) mass is 568 g/mol. The molecule has 41 heavy (non-hydrogen) atoms. The van der Waals surface area contributed by atoms with Gasteiger partial charge in [-0.3, -0.25) is 9.36 Å². The zero-order valence-electron chi connectivity index (χ0n) is 23.5. The van der Waals surface area contributed by atoms with Crippen LogP contribution in [0.2, 0.25) is 0 Å². The third-order valence-electron chi connectivity index (χ3n) is 6.70. The zero-order valence-corrected chi connectivity index (χ0v) is 24.4. The van der Waals surface area contributed by atoms with Crippen molar-refractivity contribution in [2.24, 2.45) is 4.99 Å². The van der Waals surface area contributed by atoms with Gasteiger partial charge in [-0.05, 0) is 63.1 Å². The lowest BCUT2D eigenvalue weighted by Crippen LogP contribution is -2.40. The van der Waals surface area contributed by atoms with Crippen molar-refractivity contribution in [3.8, 4) is 11.5 Å². The molecule has 0 bridgehead atoms. The molecular formula is C33H32N2O5S. The van der Waals surface area contributed by atoms with E-state index in [9.17, 15) is 9.59 Å². The fraction of sp³-hybridized carbons (Fsp3) is 0.242. The molecule has 0 fully saturated rings. The van der Waals surface area contributed by atoms with E-state index >= 15 is 0 Å². The smallest absolute Gasteiger partial charge is 0.338 e. The van der Waals surface area contributed by atoms with Gasteiger partial charge >= 0.3 is 5.97 Å². The second-order valence-corrected chi connectivity index (χ2v) is 10.6. The molecular weight excluding hydrogens is 536 g/mol. The highest BCUT2D eigenvalue weighted by Gasteiger charge is 2.35. The molecule has 0 saturated carbocycles. The second kappa shape index (κ2) is 12.4. The predicted octanol–water partition coefficient (Wildman–Crippen LogP) is 5.08. The Bertz CT molecular complexity index is 1780. The van der Waals surface area contributed by atoms with Crippen LogP contribution in [0, 0.1) is 6.92 Å². The normalized spacial score (nSPS) is 14.8. The first-order valence-corrected chi connectivity index (χ1v) is 14.4. The standard InChI is InChI=1S/C33H32N2O5S/c1-5-38-27-13-8-7-12-26(27)30-29(32(37)39-6-2)22(4)34-33-35(30)31(36)28(41-33)19-23-14-16-25(17-15-23)40-20-24-11-9-10-21(3)18-24/h7-19,30H,5-6,20H2,1-4H3/b28-19-/t30-/m1/s1. The van der Waals surface area contributed by atoms with Gasteiger partial charge in [0.25, 0.3) is 5.56 Å². The maximum Gasteiger partial charge on any atom is 0.338 e. The molecule has 0 radical (unpaired) electrons. The highest BCUT2D eigenvalue weighted by atomic mass is 32.1. The van der Waals surface area contributed by atoms with Gasteiger partial charge in [0.1, 0.15) is 24.1 Å². The van der Waals surface area contributed by atoms with E-state index in [1.807, 2.05) is 73.7 Å². The first-order chi connectivity index (χ1) is 19.9. The van der Waals surface area contributed by atoms with E-state index in [1.54, 1.807) is 18.4 Å². The molecule has 1 aromatic heterocycles. The topological polar surface area (TPSA) is 79.1 Å². The molecule has 0 N–H and O–H groups in total. The average Bonchev–Trinajstić information content (AvgIpc) is 3.26. The molecule has 1 aliphatic heterocycles. The lowest BCUT2D eigenvalue weighted by atomic mass is 9.95. The first kappa shape index (κ1) is 28.1. The lowest BCUT2D eigenvalue weighted by Gasteiger charge is -2.26. The van der Waals surface area contributed by atoms with Crippen LogP contribution < -0.4 is 24.4 Å². The number of aromatic nitrogens is 1. The van der Waals surface area contributed by atoms with Crippen LogP contribution in [-0.4, -0.2) is 23.8 Å². The van der Waals surface area contributed by atoms with E-state index in [-0.39, 0.29) is 12.2 Å². The molecule has 0 spiro atoms. The number of aryl methyl sites for hydroxylation is 1. The van der Waals surface area contributed by atoms with Crippen LogP contribution in [0.25, 0.3) is 6.08 Å². The van der Waals surface area contributed by atoms with Gasteiger partial charge in [-0.1, -0.05) is 71.5 Å². The number of esters is 1. The van der Waals surface area contributed by atoms with Crippen molar-refractivity contribution in [1.82, 2.24) is 4.57 Å². The number of hydrogen-bond acceptors (Lipinski definition) is 7. The maximum absolute atomic E-state index is 13.9. The second-order valence-electron chi connectivity index (χ2n) is 9.62. The number of allylic oxidation sites excluding steroid dienone is 1. The van der Waals surface area contributed by atoms with Crippen molar-refractivity contribution < 1.29 is 19.0 Å². The molecule has 0 unspecified atom stereocenters. The van der Waals surface area contributed by atoms with Crippen LogP contribution >= 0.6 is 11.3 Å². The third kappa shape index (κ3) is 6.02. The van der Waals surface area contributed by atoms with Crippen molar-refractivity contribution in [3.05, 3.63) is 126 Å². The van der Waals surface area contributed by atoms with Crippen molar-refractivity contribution in [3.63, 3.8) is 0 Å². The summed E-state index contributed by atoms with van der Waals surface area (Å²) in [7, 11) is 0. The molecule has 0 aliphatic carbocycles. The van der Waals surface area contributed by atoms with Crippen LogP contribution in [0.4, 0.5) is 0 Å². The summed E-state index contributed by atoms with van der Waals surface area (Å²) in [4.78, 5) is 32.2. The molecule has 1 aliphatic rings. The van der Waals surface area contributed by atoms with E-state index in [2.05, 4.69) is 24.0 Å². The van der Waals surface area contributed by atoms with Gasteiger partial charge in [0.05, 0.1) is 29.0 Å². The summed E-state index contributed by atoms with van der Waals surface area (Å²) in [6, 6.07) is 22.6. The highest BCUT2D eigenvalue weighted by molar-refractivity contribution is 7.07. The van der Waals surface area contributed by atoms with Crippen LogP contribution in [0.15, 0.2) is 93.9 Å². The molecule has 0 amide bonds. The van der Waals surface area contributed by atoms with Crippen molar-refractivity contribution in [2.75, 3.05) is 13.2 Å². The average molecular weight is 569 g/mol. The summed E-state index contributed by atoms with van der Waals surface area (Å²) < 4.78 is 19.3. The van der Waals surface area contributed by atoms with E-state index in [4.69, 9.17) is 14.2 Å². The number of hydrogen-bond donors (Lipinski definition) is 0. The summed E-state index contributed by atoms with van der Waals surface area (Å²) in [5.74, 6) is 0.847. The number of benzene rings is 3. The largest absolute Gasteiger partial charge is 0.494 e. The Labute approximate surface area is 242 Å². The van der Waals surface area contributed by atoms with Gasteiger partial charge in [-0.2, -0.15) is 0 Å². The SMILES string of the molecule is CCOC(=O)C1=C(C)N=c2s/c(=C\c3ccc(OCc4cccc(C)c4)cc3)c(=O)n2[C@@H]1c1ccccc1OCC. The number of fused-ring (bicyclic) bond motifs is 1. The third-order valence-corrected chi connectivity index (χ3v) is 7.68. The molecule has 210 valence electrons. The van der Waals surface area contributed by atoms with Gasteiger partial charge in [-0.25, -0.2) is 9.79 Å². The number of para-hydroxylation sites is 1. The maximum atomic E-state index is 13.9. The van der Waals surface area contributed by atoms with Gasteiger partial charge in [0.15, 0.2) is 4.80 Å². The van der Waals surface area contributed by atoms with E-state index in [0.717, 1.165) is 16.9 Å². The highest BCUT2D eigenvalue weighted by Crippen LogP contribution is 2.35. The summed E-state index contributed by atoms with van der Waals surface area (Å²) in [6.45, 7) is 8.62. The molecule has 7 nitrogen and oxygen atoms in total. The Balaban J connectivity index is 1.52. The minimum absolute atomic E-state index is 0.213. The van der Waals surface area contributed by atoms with Crippen molar-refractivity contribution >= 4 is 23.4 Å². The number of carbonyl (C=O) groups excluding carboxylic acids is 1. The fourth-order valence-electron chi connectivity index (χ4n) is 4.86. The Morgan fingerprint density at radius 3 is 2.49 bits per heavy atom. The van der Waals surface area contributed by atoms with Crippen LogP contribution in [-0.2, 0) is 16.1 Å². The van der Waals surface area contributed by atoms with E-state index in [0.29, 0.717) is 45.1 Å². The van der Waals surface area contributed by atoms with E-state index < -0.39 is 12.0 Å². The molecule has 2 heterocycles. The van der Waals surface area contributed by atoms with E-state index in [1.165, 1.54) is 16.9 Å². The quantitative estimate of drug-likeness (QED) is 0.263. The van der Waals surface area contributed by atoms with Crippen LogP contribution in [0.3, 0.4) is 0 Å². The number of rotatable bonds is 9. The Morgan fingerprint density at radius 1 is 0.976 bits per heavy atom. The van der Waals surface area contributed by atoms with Gasteiger partial charge in [0.2, 0.25) is 0 Å². The summed E-state index contributed by atoms with van der Waals surface area (Å²) in [6.07, 6.45) is 1.84. The summed E-state index contributed by atoms with van der Waals surface area (Å²) in [5.41, 5.74) is 4.46. The van der Waals surface area contributed by atoms with Crippen LogP contribution in [0.1, 0.15) is 49.1 Å². The summed E-state index contributed by atoms with van der Waals surface area (Å²) >= 11 is 1.29. The molecule has 1 atom stereocenters. The molecule has 4 aromatic rings. The lowest BCUT2D eigenvalue weighted by molar-refractivity contribution is -0.139. The number of carbonyl (C=O) groups is 1. The minimum atomic E-state index is -0.729. The Kier molecular flexibility index (Phi) is 8.50. The fourth-order valence-corrected chi connectivity index (χ4v) is 5.91. The Morgan fingerprint density at radius 2 is 1.76 bits per heavy atom. The van der Waals surface area contributed by atoms with Gasteiger partial charge in [-0.15, -0.1) is 0 Å². The molecule has 8 heteroatoms. The van der Waals surface area contributed by atoms with Gasteiger partial charge < -0.3 is 14.2 Å². The number of thiazole rings is 1. The minimum Gasteiger partial charge on any atom is -0.494 e. The van der Waals surface area contributed by atoms with Crippen LogP contribution in [0.5, 0.6) is 11.5 Å². The summed E-state index contributed by atoms with van der Waals surface area (Å²) in [5, 5.41) is 0. The zero-order chi connectivity index (χ0) is 28.9. The first-order valence-electron chi connectivity index (χ1n) is 13.6. The number of nitrogens with zero attached hydrogens (tertiary/aromatic N) is 2. The van der Waals surface area contributed by atoms with Crippen molar-refractivity contribution in [2.45, 2.75) is 40.3 Å². The van der Waals surface area contributed by atoms with Gasteiger partial charge in [0, 0.05) is 5.56 Å². The predicted molar refractivity (Wildman–Crippen MR) is 160 cm³/mol. The number of ether oxygens (including phenoxy) is 3. The van der Waals surface area contributed by atoms with Crippen molar-refractivity contribution in [1.29, 1.82) is 0 Å². The Hall–Kier alpha value is -4.43. The molecule has 3 aromatic carbocycles. The molecule has 0 saturated heterocycles. The molecule has 5 rings (SSSR count).